The molecule has 0 aliphatic heterocycles. The maximum atomic E-state index is 10.6. The fourth-order valence-electron chi connectivity index (χ4n) is 0.869. The number of nitrogens with zero attached hydrogens (tertiary/aromatic N) is 1. The summed E-state index contributed by atoms with van der Waals surface area (Å²) in [5, 5.41) is 8.67. The van der Waals surface area contributed by atoms with E-state index in [1.54, 1.807) is 6.92 Å². The monoisotopic (exact) mass is 174 g/mol. The first-order chi connectivity index (χ1) is 5.36. The van der Waals surface area contributed by atoms with Gasteiger partial charge in [-0.2, -0.15) is 0 Å². The molecule has 0 bridgehead atoms. The highest BCUT2D eigenvalue weighted by Gasteiger charge is 2.26. The van der Waals surface area contributed by atoms with Crippen molar-refractivity contribution in [2.24, 2.45) is 5.73 Å². The number of hydrogen-bond acceptors (Lipinski definition) is 3. The molecule has 0 aromatic carbocycles. The Bertz CT molecular complexity index is 155. The van der Waals surface area contributed by atoms with Crippen LogP contribution in [0.4, 0.5) is 0 Å². The van der Waals surface area contributed by atoms with Crippen molar-refractivity contribution in [3.63, 3.8) is 0 Å². The standard InChI is InChI=1S/C8H18N2O2/c1-8(9,7(11)12)5-4-6-10(2)3/h4-6,9H2,1-3H3,(H,11,12)/t8-/m0/s1. The van der Waals surface area contributed by atoms with Crippen LogP contribution in [0.15, 0.2) is 0 Å². The molecule has 1 atom stereocenters. The third-order valence-corrected chi connectivity index (χ3v) is 1.79. The fraction of sp³-hybridized carbons (Fsp3) is 0.875. The summed E-state index contributed by atoms with van der Waals surface area (Å²) in [6.45, 7) is 2.42. The van der Waals surface area contributed by atoms with Crippen molar-refractivity contribution in [2.75, 3.05) is 20.6 Å². The van der Waals surface area contributed by atoms with Gasteiger partial charge in [-0.25, -0.2) is 0 Å². The molecule has 3 N–H and O–H groups in total. The van der Waals surface area contributed by atoms with Crippen LogP contribution >= 0.6 is 0 Å². The molecule has 0 spiro atoms. The molecule has 4 nitrogen and oxygen atoms in total. The predicted molar refractivity (Wildman–Crippen MR) is 48.0 cm³/mol. The number of carbonyl (C=O) groups is 1. The van der Waals surface area contributed by atoms with E-state index in [0.29, 0.717) is 6.42 Å². The largest absolute Gasteiger partial charge is 0.480 e. The van der Waals surface area contributed by atoms with Gasteiger partial charge >= 0.3 is 5.97 Å². The maximum absolute atomic E-state index is 10.6. The number of aliphatic carboxylic acids is 1. The van der Waals surface area contributed by atoms with Gasteiger partial charge in [-0.05, 0) is 40.4 Å². The molecule has 0 fully saturated rings. The Morgan fingerprint density at radius 2 is 2.08 bits per heavy atom. The second-order valence-electron chi connectivity index (χ2n) is 3.63. The molecule has 0 heterocycles. The Morgan fingerprint density at radius 3 is 2.42 bits per heavy atom. The van der Waals surface area contributed by atoms with Crippen LogP contribution in [0.3, 0.4) is 0 Å². The van der Waals surface area contributed by atoms with E-state index >= 15 is 0 Å². The van der Waals surface area contributed by atoms with Crippen molar-refractivity contribution in [2.45, 2.75) is 25.3 Å². The zero-order chi connectivity index (χ0) is 9.78. The molecular weight excluding hydrogens is 156 g/mol. The van der Waals surface area contributed by atoms with E-state index in [1.807, 2.05) is 19.0 Å². The number of carboxylic acid groups (broad SMARTS) is 1. The SMILES string of the molecule is CN(C)CCC[C@](C)(N)C(=O)O. The number of carboxylic acids is 1. The van der Waals surface area contributed by atoms with E-state index in [0.717, 1.165) is 13.0 Å². The molecule has 4 heteroatoms. The first-order valence-electron chi connectivity index (χ1n) is 4.03. The lowest BCUT2D eigenvalue weighted by molar-refractivity contribution is -0.142. The number of nitrogens with two attached hydrogens (primary N) is 1. The van der Waals surface area contributed by atoms with E-state index < -0.39 is 11.5 Å². The van der Waals surface area contributed by atoms with Crippen molar-refractivity contribution in [3.8, 4) is 0 Å². The van der Waals surface area contributed by atoms with Crippen LogP contribution in [-0.2, 0) is 4.79 Å². The quantitative estimate of drug-likeness (QED) is 0.621. The van der Waals surface area contributed by atoms with Crippen LogP contribution in [0.5, 0.6) is 0 Å². The summed E-state index contributed by atoms with van der Waals surface area (Å²) in [6.07, 6.45) is 1.33. The average Bonchev–Trinajstić information content (AvgIpc) is 1.85. The lowest BCUT2D eigenvalue weighted by Crippen LogP contribution is -2.45. The highest BCUT2D eigenvalue weighted by molar-refractivity contribution is 5.77. The Morgan fingerprint density at radius 1 is 1.58 bits per heavy atom. The van der Waals surface area contributed by atoms with Crippen LogP contribution in [0.1, 0.15) is 19.8 Å². The second-order valence-corrected chi connectivity index (χ2v) is 3.63. The molecule has 0 aliphatic rings. The third kappa shape index (κ3) is 4.31. The van der Waals surface area contributed by atoms with Crippen molar-refractivity contribution < 1.29 is 9.90 Å². The number of hydrogen-bond donors (Lipinski definition) is 2. The normalized spacial score (nSPS) is 16.1. The molecule has 0 aromatic rings. The van der Waals surface area contributed by atoms with Gasteiger partial charge in [-0.1, -0.05) is 0 Å². The van der Waals surface area contributed by atoms with Gasteiger partial charge in [-0.15, -0.1) is 0 Å². The molecule has 12 heavy (non-hydrogen) atoms. The molecule has 72 valence electrons. The lowest BCUT2D eigenvalue weighted by Gasteiger charge is -2.19. The first-order valence-corrected chi connectivity index (χ1v) is 4.03. The molecule has 0 unspecified atom stereocenters. The van der Waals surface area contributed by atoms with Gasteiger partial charge < -0.3 is 15.7 Å². The Labute approximate surface area is 73.3 Å². The van der Waals surface area contributed by atoms with E-state index in [-0.39, 0.29) is 0 Å². The molecular formula is C8H18N2O2. The smallest absolute Gasteiger partial charge is 0.323 e. The van der Waals surface area contributed by atoms with E-state index in [1.165, 1.54) is 0 Å². The average molecular weight is 174 g/mol. The van der Waals surface area contributed by atoms with Crippen LogP contribution in [0.25, 0.3) is 0 Å². The van der Waals surface area contributed by atoms with Gasteiger partial charge in [0.05, 0.1) is 0 Å². The lowest BCUT2D eigenvalue weighted by atomic mass is 9.97. The van der Waals surface area contributed by atoms with E-state index in [2.05, 4.69) is 0 Å². The van der Waals surface area contributed by atoms with Crippen molar-refractivity contribution in [1.29, 1.82) is 0 Å². The van der Waals surface area contributed by atoms with Crippen LogP contribution in [-0.4, -0.2) is 42.2 Å². The van der Waals surface area contributed by atoms with Gasteiger partial charge in [0.1, 0.15) is 5.54 Å². The molecule has 0 aliphatic carbocycles. The summed E-state index contributed by atoms with van der Waals surface area (Å²) in [7, 11) is 3.91. The maximum Gasteiger partial charge on any atom is 0.323 e. The topological polar surface area (TPSA) is 66.6 Å². The van der Waals surface area contributed by atoms with Gasteiger partial charge in [0.25, 0.3) is 0 Å². The third-order valence-electron chi connectivity index (χ3n) is 1.79. The summed E-state index contributed by atoms with van der Waals surface area (Å²) in [5.41, 5.74) is 4.45. The minimum absolute atomic E-state index is 0.514. The van der Waals surface area contributed by atoms with Crippen LogP contribution in [0, 0.1) is 0 Å². The van der Waals surface area contributed by atoms with Crippen LogP contribution < -0.4 is 5.73 Å². The van der Waals surface area contributed by atoms with Gasteiger partial charge in [0, 0.05) is 0 Å². The summed E-state index contributed by atoms with van der Waals surface area (Å²) < 4.78 is 0. The highest BCUT2D eigenvalue weighted by atomic mass is 16.4. The minimum Gasteiger partial charge on any atom is -0.480 e. The fourth-order valence-corrected chi connectivity index (χ4v) is 0.869. The Kier molecular flexibility index (Phi) is 4.20. The van der Waals surface area contributed by atoms with Gasteiger partial charge in [0.2, 0.25) is 0 Å². The van der Waals surface area contributed by atoms with Crippen molar-refractivity contribution in [3.05, 3.63) is 0 Å². The second kappa shape index (κ2) is 4.42. The molecule has 0 saturated heterocycles. The summed E-state index contributed by atoms with van der Waals surface area (Å²) in [4.78, 5) is 12.6. The summed E-state index contributed by atoms with van der Waals surface area (Å²) in [6, 6.07) is 0. The Hall–Kier alpha value is -0.610. The van der Waals surface area contributed by atoms with E-state index in [9.17, 15) is 4.79 Å². The van der Waals surface area contributed by atoms with Gasteiger partial charge in [-0.3, -0.25) is 4.79 Å². The van der Waals surface area contributed by atoms with Gasteiger partial charge in [0.15, 0.2) is 0 Å². The summed E-state index contributed by atoms with van der Waals surface area (Å²) in [5.74, 6) is -0.929. The molecule has 0 rings (SSSR count). The zero-order valence-corrected chi connectivity index (χ0v) is 8.00. The zero-order valence-electron chi connectivity index (χ0n) is 8.00. The highest BCUT2D eigenvalue weighted by Crippen LogP contribution is 2.08. The molecule has 0 aromatic heterocycles. The van der Waals surface area contributed by atoms with Crippen molar-refractivity contribution >= 4 is 5.97 Å². The molecule has 0 radical (unpaired) electrons. The minimum atomic E-state index is -1.07. The molecule has 0 amide bonds. The van der Waals surface area contributed by atoms with E-state index in [4.69, 9.17) is 10.8 Å². The first kappa shape index (κ1) is 11.4. The van der Waals surface area contributed by atoms with Crippen LogP contribution in [0.2, 0.25) is 0 Å². The Balaban J connectivity index is 3.69. The van der Waals surface area contributed by atoms with Crippen molar-refractivity contribution in [1.82, 2.24) is 4.90 Å². The molecule has 0 saturated carbocycles. The predicted octanol–water partition coefficient (Wildman–Crippen LogP) is 0.130. The number of rotatable bonds is 5. The summed E-state index contributed by atoms with van der Waals surface area (Å²) >= 11 is 0.